The van der Waals surface area contributed by atoms with Crippen LogP contribution in [0.2, 0.25) is 5.15 Å². The number of pyridine rings is 1. The molecule has 0 amide bonds. The second-order valence-corrected chi connectivity index (χ2v) is 6.76. The van der Waals surface area contributed by atoms with E-state index in [1.165, 1.54) is 18.3 Å². The smallest absolute Gasteiger partial charge is 0.291 e. The summed E-state index contributed by atoms with van der Waals surface area (Å²) in [4.78, 5) is 25.4. The molecule has 0 spiro atoms. The van der Waals surface area contributed by atoms with E-state index in [1.54, 1.807) is 12.1 Å². The molecule has 0 aliphatic carbocycles. The fourth-order valence-electron chi connectivity index (χ4n) is 3.16. The highest BCUT2D eigenvalue weighted by Crippen LogP contribution is 2.23. The van der Waals surface area contributed by atoms with Crippen LogP contribution in [0, 0.1) is 11.6 Å². The maximum atomic E-state index is 13.8. The molecule has 1 N–H and O–H groups in total. The standard InChI is InChI=1S/C19H15ClF2N4O/c20-17-9-15-16(10-23-17)24-18(19(27)25-15)26-5-3-11(4-6-26)7-12-1-2-13(21)8-14(12)22/h1-2,7-10H,3-6H2,(H,25,27). The number of fused-ring (bicyclic) bond motifs is 1. The van der Waals surface area contributed by atoms with Crippen molar-refractivity contribution < 1.29 is 8.78 Å². The number of hydrogen-bond donors (Lipinski definition) is 1. The number of hydrogen-bond acceptors (Lipinski definition) is 4. The van der Waals surface area contributed by atoms with Gasteiger partial charge in [-0.3, -0.25) is 4.79 Å². The zero-order chi connectivity index (χ0) is 19.0. The summed E-state index contributed by atoms with van der Waals surface area (Å²) >= 11 is 5.84. The highest BCUT2D eigenvalue weighted by molar-refractivity contribution is 6.29. The van der Waals surface area contributed by atoms with Gasteiger partial charge in [-0.2, -0.15) is 0 Å². The van der Waals surface area contributed by atoms with Crippen LogP contribution in [0.3, 0.4) is 0 Å². The van der Waals surface area contributed by atoms with E-state index < -0.39 is 11.6 Å². The second-order valence-electron chi connectivity index (χ2n) is 6.37. The van der Waals surface area contributed by atoms with Gasteiger partial charge in [-0.05, 0) is 25.0 Å². The van der Waals surface area contributed by atoms with Gasteiger partial charge >= 0.3 is 0 Å². The highest BCUT2D eigenvalue weighted by Gasteiger charge is 2.19. The Morgan fingerprint density at radius 3 is 2.70 bits per heavy atom. The molecule has 27 heavy (non-hydrogen) atoms. The highest BCUT2D eigenvalue weighted by atomic mass is 35.5. The minimum atomic E-state index is -0.596. The summed E-state index contributed by atoms with van der Waals surface area (Å²) in [6.45, 7) is 1.16. The largest absolute Gasteiger partial charge is 0.351 e. The van der Waals surface area contributed by atoms with Crippen LogP contribution in [0.5, 0.6) is 0 Å². The van der Waals surface area contributed by atoms with Crippen molar-refractivity contribution in [1.29, 1.82) is 0 Å². The molecular formula is C19H15ClF2N4O. The van der Waals surface area contributed by atoms with Crippen molar-refractivity contribution >= 4 is 34.5 Å². The molecule has 138 valence electrons. The van der Waals surface area contributed by atoms with Crippen LogP contribution in [-0.4, -0.2) is 28.0 Å². The van der Waals surface area contributed by atoms with Crippen LogP contribution < -0.4 is 10.5 Å². The van der Waals surface area contributed by atoms with Crippen molar-refractivity contribution in [1.82, 2.24) is 15.0 Å². The number of halogens is 3. The third kappa shape index (κ3) is 3.68. The number of aromatic nitrogens is 3. The summed E-state index contributed by atoms with van der Waals surface area (Å²) < 4.78 is 26.8. The molecular weight excluding hydrogens is 374 g/mol. The maximum Gasteiger partial charge on any atom is 0.291 e. The predicted molar refractivity (Wildman–Crippen MR) is 101 cm³/mol. The van der Waals surface area contributed by atoms with E-state index in [2.05, 4.69) is 15.0 Å². The van der Waals surface area contributed by atoms with Crippen molar-refractivity contribution in [2.45, 2.75) is 12.8 Å². The van der Waals surface area contributed by atoms with E-state index in [0.717, 1.165) is 11.6 Å². The number of rotatable bonds is 2. The Hall–Kier alpha value is -2.80. The minimum absolute atomic E-state index is 0.286. The van der Waals surface area contributed by atoms with E-state index >= 15 is 0 Å². The zero-order valence-electron chi connectivity index (χ0n) is 14.2. The van der Waals surface area contributed by atoms with Crippen LogP contribution in [0.1, 0.15) is 18.4 Å². The molecule has 1 saturated heterocycles. The molecule has 1 aromatic carbocycles. The Kier molecular flexibility index (Phi) is 4.61. The van der Waals surface area contributed by atoms with Gasteiger partial charge in [-0.1, -0.05) is 23.3 Å². The molecule has 1 fully saturated rings. The van der Waals surface area contributed by atoms with Gasteiger partial charge in [0.2, 0.25) is 0 Å². The van der Waals surface area contributed by atoms with Gasteiger partial charge in [-0.15, -0.1) is 0 Å². The third-order valence-corrected chi connectivity index (χ3v) is 4.76. The van der Waals surface area contributed by atoms with Gasteiger partial charge in [0.25, 0.3) is 5.56 Å². The van der Waals surface area contributed by atoms with Crippen LogP contribution in [-0.2, 0) is 0 Å². The van der Waals surface area contributed by atoms with Crippen LogP contribution in [0.4, 0.5) is 14.6 Å². The quantitative estimate of drug-likeness (QED) is 0.676. The summed E-state index contributed by atoms with van der Waals surface area (Å²) in [6.07, 6.45) is 4.59. The monoisotopic (exact) mass is 388 g/mol. The Labute approximate surface area is 158 Å². The molecule has 0 unspecified atom stereocenters. The molecule has 1 aliphatic heterocycles. The number of nitrogens with zero attached hydrogens (tertiary/aromatic N) is 3. The number of aromatic amines is 1. The lowest BCUT2D eigenvalue weighted by Gasteiger charge is -2.28. The maximum absolute atomic E-state index is 13.8. The molecule has 0 atom stereocenters. The van der Waals surface area contributed by atoms with E-state index in [0.29, 0.717) is 48.3 Å². The van der Waals surface area contributed by atoms with Crippen molar-refractivity contribution in [3.05, 3.63) is 68.7 Å². The first-order valence-corrected chi connectivity index (χ1v) is 8.82. The van der Waals surface area contributed by atoms with Crippen molar-refractivity contribution in [3.8, 4) is 0 Å². The van der Waals surface area contributed by atoms with Gasteiger partial charge < -0.3 is 9.88 Å². The Balaban J connectivity index is 1.55. The van der Waals surface area contributed by atoms with Gasteiger partial charge in [0.05, 0.1) is 11.7 Å². The third-order valence-electron chi connectivity index (χ3n) is 4.55. The molecule has 0 saturated carbocycles. The van der Waals surface area contributed by atoms with Crippen LogP contribution in [0.25, 0.3) is 17.1 Å². The van der Waals surface area contributed by atoms with E-state index in [-0.39, 0.29) is 10.7 Å². The SMILES string of the molecule is O=c1[nH]c2cc(Cl)ncc2nc1N1CCC(=Cc2ccc(F)cc2F)CC1. The number of nitrogens with one attached hydrogen (secondary N) is 1. The molecule has 3 aromatic rings. The van der Waals surface area contributed by atoms with Gasteiger partial charge in [0.15, 0.2) is 5.82 Å². The summed E-state index contributed by atoms with van der Waals surface area (Å²) in [5.74, 6) is -0.843. The van der Waals surface area contributed by atoms with E-state index in [4.69, 9.17) is 11.6 Å². The fraction of sp³-hybridized carbons (Fsp3) is 0.211. The predicted octanol–water partition coefficient (Wildman–Crippen LogP) is 3.93. The molecule has 0 bridgehead atoms. The van der Waals surface area contributed by atoms with Crippen molar-refractivity contribution in [2.24, 2.45) is 0 Å². The first-order valence-electron chi connectivity index (χ1n) is 8.44. The van der Waals surface area contributed by atoms with Crippen LogP contribution >= 0.6 is 11.6 Å². The summed E-state index contributed by atoms with van der Waals surface area (Å²) in [6, 6.07) is 5.10. The molecule has 2 aromatic heterocycles. The summed E-state index contributed by atoms with van der Waals surface area (Å²) in [7, 11) is 0. The van der Waals surface area contributed by atoms with Crippen molar-refractivity contribution in [2.75, 3.05) is 18.0 Å². The Bertz CT molecular complexity index is 1100. The number of H-pyrrole nitrogens is 1. The number of anilines is 1. The normalized spacial score (nSPS) is 14.6. The molecule has 8 heteroatoms. The second kappa shape index (κ2) is 7.08. The first-order chi connectivity index (χ1) is 13.0. The van der Waals surface area contributed by atoms with E-state index in [1.807, 2.05) is 4.90 Å². The average molecular weight is 389 g/mol. The molecule has 1 aliphatic rings. The Morgan fingerprint density at radius 2 is 1.96 bits per heavy atom. The average Bonchev–Trinajstić information content (AvgIpc) is 2.64. The van der Waals surface area contributed by atoms with E-state index in [9.17, 15) is 13.6 Å². The van der Waals surface area contributed by atoms with Gasteiger partial charge in [-0.25, -0.2) is 18.7 Å². The first kappa shape index (κ1) is 17.6. The molecule has 4 rings (SSSR count). The summed E-state index contributed by atoms with van der Waals surface area (Å²) in [5, 5.41) is 0.286. The van der Waals surface area contributed by atoms with Crippen molar-refractivity contribution in [3.63, 3.8) is 0 Å². The lowest BCUT2D eigenvalue weighted by atomic mass is 10.0. The fourth-order valence-corrected chi connectivity index (χ4v) is 3.32. The molecule has 5 nitrogen and oxygen atoms in total. The number of benzene rings is 1. The molecule has 0 radical (unpaired) electrons. The number of piperidine rings is 1. The van der Waals surface area contributed by atoms with Gasteiger partial charge in [0, 0.05) is 30.8 Å². The lowest BCUT2D eigenvalue weighted by molar-refractivity contribution is 0.581. The molecule has 3 heterocycles. The minimum Gasteiger partial charge on any atom is -0.351 e. The zero-order valence-corrected chi connectivity index (χ0v) is 14.9. The summed E-state index contributed by atoms with van der Waals surface area (Å²) in [5.41, 5.74) is 2.21. The van der Waals surface area contributed by atoms with Gasteiger partial charge in [0.1, 0.15) is 22.3 Å². The Morgan fingerprint density at radius 1 is 1.19 bits per heavy atom. The topological polar surface area (TPSA) is 61.9 Å². The van der Waals surface area contributed by atoms with Crippen LogP contribution in [0.15, 0.2) is 40.8 Å². The lowest BCUT2D eigenvalue weighted by Crippen LogP contribution is -2.35.